The maximum Gasteiger partial charge on any atom is 0.324 e. The lowest BCUT2D eigenvalue weighted by atomic mass is 10.2. The van der Waals surface area contributed by atoms with E-state index < -0.39 is 0 Å². The van der Waals surface area contributed by atoms with Crippen molar-refractivity contribution < 1.29 is 4.79 Å². The van der Waals surface area contributed by atoms with Crippen molar-refractivity contribution in [1.29, 1.82) is 0 Å². The highest BCUT2D eigenvalue weighted by Crippen LogP contribution is 2.37. The van der Waals surface area contributed by atoms with E-state index in [1.165, 1.54) is 34.5 Å². The largest absolute Gasteiger partial charge is 0.324 e. The molecule has 1 aromatic carbocycles. The predicted octanol–water partition coefficient (Wildman–Crippen LogP) is 5.39. The van der Waals surface area contributed by atoms with Crippen LogP contribution in [0.4, 0.5) is 9.93 Å². The van der Waals surface area contributed by atoms with Crippen LogP contribution in [-0.2, 0) is 12.8 Å². The Balaban J connectivity index is 1.34. The number of anilines is 1. The molecule has 0 radical (unpaired) electrons. The average Bonchev–Trinajstić information content (AvgIpc) is 3.36. The number of para-hydroxylation sites is 1. The fourth-order valence-corrected chi connectivity index (χ4v) is 6.20. The normalized spacial score (nSPS) is 19.9. The number of urea groups is 1. The van der Waals surface area contributed by atoms with Crippen LogP contribution < -0.4 is 5.32 Å². The zero-order valence-electron chi connectivity index (χ0n) is 15.1. The number of amides is 2. The molecule has 1 aliphatic heterocycles. The van der Waals surface area contributed by atoms with Gasteiger partial charge in [-0.1, -0.05) is 18.6 Å². The molecule has 0 bridgehead atoms. The van der Waals surface area contributed by atoms with E-state index in [1.54, 1.807) is 22.7 Å². The van der Waals surface area contributed by atoms with Gasteiger partial charge in [0.2, 0.25) is 0 Å². The number of benzene rings is 1. The Morgan fingerprint density at radius 3 is 2.89 bits per heavy atom. The van der Waals surface area contributed by atoms with Crippen molar-refractivity contribution >= 4 is 44.1 Å². The maximum absolute atomic E-state index is 13.0. The van der Waals surface area contributed by atoms with Crippen LogP contribution in [0.5, 0.6) is 0 Å². The lowest BCUT2D eigenvalue weighted by Gasteiger charge is -2.22. The number of carbonyl (C=O) groups is 1. The van der Waals surface area contributed by atoms with Gasteiger partial charge in [-0.2, -0.15) is 0 Å². The van der Waals surface area contributed by atoms with Crippen LogP contribution in [0.3, 0.4) is 0 Å². The monoisotopic (exact) mass is 398 g/mol. The van der Waals surface area contributed by atoms with E-state index in [0.717, 1.165) is 47.9 Å². The van der Waals surface area contributed by atoms with Crippen molar-refractivity contribution in [1.82, 2.24) is 14.9 Å². The molecular formula is C20H22N4OS2. The third-order valence-corrected chi connectivity index (χ3v) is 7.63. The molecule has 1 fully saturated rings. The molecule has 140 valence electrons. The summed E-state index contributed by atoms with van der Waals surface area (Å²) in [7, 11) is 0. The number of thiazole rings is 2. The Kier molecular flexibility index (Phi) is 4.57. The summed E-state index contributed by atoms with van der Waals surface area (Å²) in [5.41, 5.74) is 2.21. The van der Waals surface area contributed by atoms with Gasteiger partial charge in [0, 0.05) is 11.4 Å². The van der Waals surface area contributed by atoms with Crippen molar-refractivity contribution in [2.24, 2.45) is 0 Å². The highest BCUT2D eigenvalue weighted by atomic mass is 32.1. The number of nitrogens with zero attached hydrogens (tertiary/aromatic N) is 3. The van der Waals surface area contributed by atoms with Gasteiger partial charge in [-0.3, -0.25) is 5.32 Å². The van der Waals surface area contributed by atoms with Crippen LogP contribution in [0, 0.1) is 0 Å². The molecule has 5 nitrogen and oxygen atoms in total. The summed E-state index contributed by atoms with van der Waals surface area (Å²) in [5, 5.41) is 4.86. The molecule has 5 rings (SSSR count). The highest BCUT2D eigenvalue weighted by molar-refractivity contribution is 7.18. The van der Waals surface area contributed by atoms with Crippen LogP contribution in [0.25, 0.3) is 10.2 Å². The van der Waals surface area contributed by atoms with Gasteiger partial charge in [-0.05, 0) is 50.7 Å². The number of nitrogens with one attached hydrogen (secondary N) is 1. The van der Waals surface area contributed by atoms with Gasteiger partial charge in [0.15, 0.2) is 5.13 Å². The highest BCUT2D eigenvalue weighted by Gasteiger charge is 2.32. The lowest BCUT2D eigenvalue weighted by Crippen LogP contribution is -2.34. The molecule has 27 heavy (non-hydrogen) atoms. The van der Waals surface area contributed by atoms with Gasteiger partial charge in [-0.15, -0.1) is 22.7 Å². The number of rotatable bonds is 2. The average molecular weight is 399 g/mol. The van der Waals surface area contributed by atoms with Crippen molar-refractivity contribution in [3.05, 3.63) is 39.8 Å². The van der Waals surface area contributed by atoms with Gasteiger partial charge in [0.05, 0.1) is 22.0 Å². The molecule has 1 aliphatic carbocycles. The molecule has 7 heteroatoms. The number of hydrogen-bond acceptors (Lipinski definition) is 5. The molecule has 3 heterocycles. The van der Waals surface area contributed by atoms with Crippen molar-refractivity contribution in [3.8, 4) is 0 Å². The quantitative estimate of drug-likeness (QED) is 0.589. The Morgan fingerprint density at radius 2 is 1.96 bits per heavy atom. The van der Waals surface area contributed by atoms with E-state index in [1.807, 2.05) is 23.1 Å². The number of aromatic nitrogens is 2. The fourth-order valence-electron chi connectivity index (χ4n) is 4.04. The molecular weight excluding hydrogens is 376 g/mol. The first-order valence-electron chi connectivity index (χ1n) is 9.69. The molecule has 1 unspecified atom stereocenters. The Bertz CT molecular complexity index is 923. The zero-order chi connectivity index (χ0) is 18.2. The lowest BCUT2D eigenvalue weighted by molar-refractivity contribution is 0.207. The minimum atomic E-state index is -0.0411. The molecule has 1 atom stereocenters. The fraction of sp³-hybridized carbons (Fsp3) is 0.450. The summed E-state index contributed by atoms with van der Waals surface area (Å²) in [6.07, 6.45) is 7.84. The SMILES string of the molecule is O=C(Nc1nc2c(s1)CCCCC2)N1CCCC1c1nc2ccccc2s1. The Hall–Kier alpha value is -1.99. The number of aryl methyl sites for hydroxylation is 2. The number of likely N-dealkylation sites (tertiary alicyclic amines) is 1. The number of carbonyl (C=O) groups excluding carboxylic acids is 1. The minimum absolute atomic E-state index is 0.0411. The molecule has 2 amide bonds. The van der Waals surface area contributed by atoms with Crippen molar-refractivity contribution in [3.63, 3.8) is 0 Å². The molecule has 2 aromatic heterocycles. The van der Waals surface area contributed by atoms with Gasteiger partial charge in [-0.25, -0.2) is 14.8 Å². The van der Waals surface area contributed by atoms with E-state index in [2.05, 4.69) is 11.4 Å². The van der Waals surface area contributed by atoms with Gasteiger partial charge < -0.3 is 4.90 Å². The maximum atomic E-state index is 13.0. The minimum Gasteiger partial charge on any atom is -0.315 e. The first-order valence-corrected chi connectivity index (χ1v) is 11.3. The molecule has 0 saturated carbocycles. The second kappa shape index (κ2) is 7.20. The first-order chi connectivity index (χ1) is 13.3. The smallest absolute Gasteiger partial charge is 0.315 e. The van der Waals surface area contributed by atoms with Crippen LogP contribution in [0.15, 0.2) is 24.3 Å². The Labute approximate surface area is 166 Å². The van der Waals surface area contributed by atoms with E-state index >= 15 is 0 Å². The van der Waals surface area contributed by atoms with Crippen molar-refractivity contribution in [2.45, 2.75) is 51.0 Å². The topological polar surface area (TPSA) is 58.1 Å². The third kappa shape index (κ3) is 3.34. The standard InChI is InChI=1S/C20H22N4OS2/c25-20(23-19-22-14-7-2-1-3-10-17(14)27-19)24-12-6-9-15(24)18-21-13-8-4-5-11-16(13)26-18/h4-5,8,11,15H,1-3,6-7,9-10,12H2,(H,22,23,25). The first kappa shape index (κ1) is 17.1. The summed E-state index contributed by atoms with van der Waals surface area (Å²) < 4.78 is 1.18. The van der Waals surface area contributed by atoms with E-state index in [4.69, 9.17) is 9.97 Å². The molecule has 3 aromatic rings. The van der Waals surface area contributed by atoms with E-state index in [-0.39, 0.29) is 12.1 Å². The summed E-state index contributed by atoms with van der Waals surface area (Å²) in [6, 6.07) is 8.21. The number of fused-ring (bicyclic) bond motifs is 2. The second-order valence-corrected chi connectivity index (χ2v) is 9.40. The Morgan fingerprint density at radius 1 is 1.07 bits per heavy atom. The van der Waals surface area contributed by atoms with Crippen molar-refractivity contribution in [2.75, 3.05) is 11.9 Å². The van der Waals surface area contributed by atoms with Gasteiger partial charge in [0.1, 0.15) is 5.01 Å². The summed E-state index contributed by atoms with van der Waals surface area (Å²) in [4.78, 5) is 25.7. The molecule has 2 aliphatic rings. The van der Waals surface area contributed by atoms with E-state index in [0.29, 0.717) is 0 Å². The van der Waals surface area contributed by atoms with Gasteiger partial charge in [0.25, 0.3) is 0 Å². The summed E-state index contributed by atoms with van der Waals surface area (Å²) in [5.74, 6) is 0. The molecule has 0 spiro atoms. The molecule has 1 saturated heterocycles. The van der Waals surface area contributed by atoms with Crippen LogP contribution in [0.1, 0.15) is 53.7 Å². The summed E-state index contributed by atoms with van der Waals surface area (Å²) >= 11 is 3.35. The van der Waals surface area contributed by atoms with Crippen LogP contribution >= 0.6 is 22.7 Å². The third-order valence-electron chi connectivity index (χ3n) is 5.42. The van der Waals surface area contributed by atoms with E-state index in [9.17, 15) is 4.79 Å². The van der Waals surface area contributed by atoms with Crippen LogP contribution in [0.2, 0.25) is 0 Å². The second-order valence-electron chi connectivity index (χ2n) is 7.25. The predicted molar refractivity (Wildman–Crippen MR) is 111 cm³/mol. The van der Waals surface area contributed by atoms with Gasteiger partial charge >= 0.3 is 6.03 Å². The molecule has 1 N–H and O–H groups in total. The zero-order valence-corrected chi connectivity index (χ0v) is 16.7. The number of hydrogen-bond donors (Lipinski definition) is 1. The van der Waals surface area contributed by atoms with Crippen LogP contribution in [-0.4, -0.2) is 27.4 Å². The summed E-state index contributed by atoms with van der Waals surface area (Å²) in [6.45, 7) is 0.775.